The Morgan fingerprint density at radius 1 is 1.24 bits per heavy atom. The van der Waals surface area contributed by atoms with Gasteiger partial charge >= 0.3 is 5.97 Å². The van der Waals surface area contributed by atoms with Crippen LogP contribution in [-0.4, -0.2) is 22.1 Å². The minimum Gasteiger partial charge on any atom is -0.481 e. The Morgan fingerprint density at radius 3 is 2.43 bits per heavy atom. The van der Waals surface area contributed by atoms with Crippen LogP contribution in [0.25, 0.3) is 0 Å². The highest BCUT2D eigenvalue weighted by molar-refractivity contribution is 5.90. The molecule has 2 rings (SSSR count). The molecule has 1 aromatic rings. The molecule has 1 aromatic heterocycles. The Hall–Kier alpha value is -1.85. The van der Waals surface area contributed by atoms with Gasteiger partial charge in [0.15, 0.2) is 0 Å². The van der Waals surface area contributed by atoms with E-state index in [2.05, 4.69) is 10.5 Å². The van der Waals surface area contributed by atoms with E-state index >= 15 is 0 Å². The number of aryl methyl sites for hydroxylation is 1. The second kappa shape index (κ2) is 6.28. The molecule has 0 atom stereocenters. The molecule has 116 valence electrons. The number of carbonyl (C=O) groups excluding carboxylic acids is 1. The molecule has 1 aliphatic rings. The Bertz CT molecular complexity index is 530. The number of amides is 1. The molecule has 1 saturated carbocycles. The molecule has 0 spiro atoms. The van der Waals surface area contributed by atoms with Crippen molar-refractivity contribution in [3.63, 3.8) is 0 Å². The van der Waals surface area contributed by atoms with Crippen molar-refractivity contribution in [1.29, 1.82) is 0 Å². The van der Waals surface area contributed by atoms with Crippen LogP contribution in [0.4, 0.5) is 5.88 Å². The number of nitrogens with one attached hydrogen (secondary N) is 1. The van der Waals surface area contributed by atoms with Crippen LogP contribution in [0.5, 0.6) is 0 Å². The zero-order chi connectivity index (χ0) is 15.5. The van der Waals surface area contributed by atoms with Crippen molar-refractivity contribution in [2.75, 3.05) is 5.32 Å². The number of nitrogens with zero attached hydrogens (tertiary/aromatic N) is 1. The van der Waals surface area contributed by atoms with E-state index in [0.29, 0.717) is 5.88 Å². The van der Waals surface area contributed by atoms with Crippen LogP contribution in [0.1, 0.15) is 56.2 Å². The lowest BCUT2D eigenvalue weighted by molar-refractivity contribution is -0.140. The first-order chi connectivity index (χ1) is 9.92. The third-order valence-corrected chi connectivity index (χ3v) is 4.39. The van der Waals surface area contributed by atoms with Crippen LogP contribution in [0, 0.1) is 19.3 Å². The lowest BCUT2D eigenvalue weighted by Crippen LogP contribution is -2.32. The molecule has 21 heavy (non-hydrogen) atoms. The number of hydrogen-bond donors (Lipinski definition) is 2. The zero-order valence-corrected chi connectivity index (χ0v) is 12.6. The molecule has 0 aromatic carbocycles. The van der Waals surface area contributed by atoms with Gasteiger partial charge in [-0.1, -0.05) is 24.4 Å². The highest BCUT2D eigenvalue weighted by Crippen LogP contribution is 2.42. The smallest absolute Gasteiger partial charge is 0.303 e. The lowest BCUT2D eigenvalue weighted by Gasteiger charge is -2.35. The van der Waals surface area contributed by atoms with Crippen LogP contribution < -0.4 is 5.32 Å². The highest BCUT2D eigenvalue weighted by atomic mass is 16.5. The summed E-state index contributed by atoms with van der Waals surface area (Å²) in [5.74, 6) is -0.674. The van der Waals surface area contributed by atoms with Gasteiger partial charge in [-0.25, -0.2) is 0 Å². The van der Waals surface area contributed by atoms with E-state index in [1.165, 1.54) is 0 Å². The first-order valence-electron chi connectivity index (χ1n) is 7.36. The average molecular weight is 294 g/mol. The van der Waals surface area contributed by atoms with E-state index < -0.39 is 11.4 Å². The monoisotopic (exact) mass is 294 g/mol. The van der Waals surface area contributed by atoms with Crippen molar-refractivity contribution in [2.24, 2.45) is 5.41 Å². The summed E-state index contributed by atoms with van der Waals surface area (Å²) < 4.78 is 5.07. The van der Waals surface area contributed by atoms with Gasteiger partial charge in [-0.3, -0.25) is 14.9 Å². The molecule has 1 amide bonds. The Labute approximate surface area is 123 Å². The van der Waals surface area contributed by atoms with Crippen molar-refractivity contribution in [2.45, 2.75) is 58.8 Å². The zero-order valence-electron chi connectivity index (χ0n) is 12.6. The molecule has 2 N–H and O–H groups in total. The fourth-order valence-corrected chi connectivity index (χ4v) is 3.08. The molecule has 0 radical (unpaired) electrons. The highest BCUT2D eigenvalue weighted by Gasteiger charge is 2.36. The minimum absolute atomic E-state index is 0.0504. The second-order valence-corrected chi connectivity index (χ2v) is 6.08. The van der Waals surface area contributed by atoms with Gasteiger partial charge < -0.3 is 9.63 Å². The molecule has 1 heterocycles. The minimum atomic E-state index is -0.837. The maximum absolute atomic E-state index is 12.2. The predicted molar refractivity (Wildman–Crippen MR) is 77.0 cm³/mol. The van der Waals surface area contributed by atoms with Crippen LogP contribution in [0.2, 0.25) is 0 Å². The molecular weight excluding hydrogens is 272 g/mol. The second-order valence-electron chi connectivity index (χ2n) is 6.08. The van der Waals surface area contributed by atoms with Crippen molar-refractivity contribution in [3.8, 4) is 0 Å². The summed E-state index contributed by atoms with van der Waals surface area (Å²) in [6.45, 7) is 3.64. The van der Waals surface area contributed by atoms with Gasteiger partial charge in [0.25, 0.3) is 0 Å². The van der Waals surface area contributed by atoms with E-state index in [1.54, 1.807) is 0 Å². The summed E-state index contributed by atoms with van der Waals surface area (Å²) in [5.41, 5.74) is 1.12. The SMILES string of the molecule is Cc1noc(NC(=O)CC2(CC(=O)O)CCCCC2)c1C. The number of carboxylic acid groups (broad SMARTS) is 1. The molecule has 0 saturated heterocycles. The van der Waals surface area contributed by atoms with E-state index in [4.69, 9.17) is 9.63 Å². The summed E-state index contributed by atoms with van der Waals surface area (Å²) in [4.78, 5) is 23.3. The van der Waals surface area contributed by atoms with Gasteiger partial charge in [-0.2, -0.15) is 0 Å². The molecule has 1 aliphatic carbocycles. The van der Waals surface area contributed by atoms with Crippen LogP contribution in [-0.2, 0) is 9.59 Å². The average Bonchev–Trinajstić information content (AvgIpc) is 2.70. The summed E-state index contributed by atoms with van der Waals surface area (Å²) in [6.07, 6.45) is 4.95. The molecule has 6 heteroatoms. The standard InChI is InChI=1S/C15H22N2O4/c1-10-11(2)17-21-14(10)16-12(18)8-15(9-13(19)20)6-4-3-5-7-15/h3-9H2,1-2H3,(H,16,18)(H,19,20). The molecule has 0 unspecified atom stereocenters. The fourth-order valence-electron chi connectivity index (χ4n) is 3.08. The third kappa shape index (κ3) is 3.83. The number of hydrogen-bond acceptors (Lipinski definition) is 4. The van der Waals surface area contributed by atoms with E-state index in [9.17, 15) is 9.59 Å². The Morgan fingerprint density at radius 2 is 1.90 bits per heavy atom. The number of carbonyl (C=O) groups is 2. The maximum atomic E-state index is 12.2. The number of aromatic nitrogens is 1. The first-order valence-corrected chi connectivity index (χ1v) is 7.36. The molecule has 0 aliphatic heterocycles. The fraction of sp³-hybridized carbons (Fsp3) is 0.667. The van der Waals surface area contributed by atoms with Crippen molar-refractivity contribution in [1.82, 2.24) is 5.16 Å². The van der Waals surface area contributed by atoms with Gasteiger partial charge in [-0.05, 0) is 32.1 Å². The summed E-state index contributed by atoms with van der Waals surface area (Å²) in [7, 11) is 0. The number of rotatable bonds is 5. The third-order valence-electron chi connectivity index (χ3n) is 4.39. The molecular formula is C15H22N2O4. The summed E-state index contributed by atoms with van der Waals surface area (Å²) >= 11 is 0. The van der Waals surface area contributed by atoms with E-state index in [0.717, 1.165) is 43.4 Å². The van der Waals surface area contributed by atoms with Crippen LogP contribution in [0.3, 0.4) is 0 Å². The van der Waals surface area contributed by atoms with Crippen molar-refractivity contribution >= 4 is 17.8 Å². The Balaban J connectivity index is 2.04. The van der Waals surface area contributed by atoms with Crippen LogP contribution in [0.15, 0.2) is 4.52 Å². The first kappa shape index (κ1) is 15.5. The largest absolute Gasteiger partial charge is 0.481 e. The normalized spacial score (nSPS) is 17.4. The lowest BCUT2D eigenvalue weighted by atomic mass is 9.69. The van der Waals surface area contributed by atoms with Gasteiger partial charge in [0.2, 0.25) is 11.8 Å². The Kier molecular flexibility index (Phi) is 4.65. The van der Waals surface area contributed by atoms with Gasteiger partial charge in [0, 0.05) is 12.0 Å². The quantitative estimate of drug-likeness (QED) is 0.870. The summed E-state index contributed by atoms with van der Waals surface area (Å²) in [5, 5.41) is 15.6. The van der Waals surface area contributed by atoms with Crippen molar-refractivity contribution in [3.05, 3.63) is 11.3 Å². The van der Waals surface area contributed by atoms with Crippen LogP contribution >= 0.6 is 0 Å². The maximum Gasteiger partial charge on any atom is 0.303 e. The topological polar surface area (TPSA) is 92.4 Å². The van der Waals surface area contributed by atoms with E-state index in [1.807, 2.05) is 13.8 Å². The predicted octanol–water partition coefficient (Wildman–Crippen LogP) is 3.05. The molecule has 0 bridgehead atoms. The number of carboxylic acids is 1. The number of anilines is 1. The molecule has 1 fully saturated rings. The van der Waals surface area contributed by atoms with E-state index in [-0.39, 0.29) is 18.7 Å². The summed E-state index contributed by atoms with van der Waals surface area (Å²) in [6, 6.07) is 0. The van der Waals surface area contributed by atoms with Gasteiger partial charge in [0.05, 0.1) is 12.1 Å². The molecule has 6 nitrogen and oxygen atoms in total. The number of aliphatic carboxylic acids is 1. The van der Waals surface area contributed by atoms with Gasteiger partial charge in [0.1, 0.15) is 0 Å². The van der Waals surface area contributed by atoms with Gasteiger partial charge in [-0.15, -0.1) is 0 Å². The van der Waals surface area contributed by atoms with Crippen molar-refractivity contribution < 1.29 is 19.2 Å².